The molecule has 0 radical (unpaired) electrons. The molecule has 0 spiro atoms. The summed E-state index contributed by atoms with van der Waals surface area (Å²) in [7, 11) is 0. The summed E-state index contributed by atoms with van der Waals surface area (Å²) in [4.78, 5) is 0. The van der Waals surface area contributed by atoms with Crippen LogP contribution in [-0.2, 0) is 0 Å². The first-order valence-corrected chi connectivity index (χ1v) is 4.41. The number of halogens is 1. The third kappa shape index (κ3) is 2.73. The maximum Gasteiger partial charge on any atom is 0.133 e. The van der Waals surface area contributed by atoms with Gasteiger partial charge in [0, 0.05) is 11.6 Å². The Labute approximate surface area is 83.3 Å². The third-order valence-electron chi connectivity index (χ3n) is 1.98. The summed E-state index contributed by atoms with van der Waals surface area (Å²) in [5.41, 5.74) is 1.19. The van der Waals surface area contributed by atoms with E-state index in [1.807, 2.05) is 18.2 Å². The first kappa shape index (κ1) is 10.5. The molecule has 1 nitrogen and oxygen atoms in total. The van der Waals surface area contributed by atoms with E-state index in [0.29, 0.717) is 5.57 Å². The van der Waals surface area contributed by atoms with Crippen molar-refractivity contribution >= 4 is 0 Å². The van der Waals surface area contributed by atoms with Gasteiger partial charge in [-0.1, -0.05) is 31.4 Å². The first-order valence-electron chi connectivity index (χ1n) is 4.41. The summed E-state index contributed by atoms with van der Waals surface area (Å²) < 4.78 is 13.3. The lowest BCUT2D eigenvalue weighted by Gasteiger charge is -2.10. The Hall–Kier alpha value is -1.57. The molecule has 0 atom stereocenters. The van der Waals surface area contributed by atoms with Gasteiger partial charge in [-0.05, 0) is 18.4 Å². The van der Waals surface area contributed by atoms with Crippen LogP contribution in [0.2, 0.25) is 0 Å². The highest BCUT2D eigenvalue weighted by molar-refractivity contribution is 5.45. The Morgan fingerprint density at radius 3 is 2.71 bits per heavy atom. The Morgan fingerprint density at radius 2 is 2.21 bits per heavy atom. The Kier molecular flexibility index (Phi) is 3.46. The molecule has 0 bridgehead atoms. The van der Waals surface area contributed by atoms with Gasteiger partial charge < -0.3 is 5.11 Å². The zero-order chi connectivity index (χ0) is 10.6. The summed E-state index contributed by atoms with van der Waals surface area (Å²) in [6, 6.07) is 0. The van der Waals surface area contributed by atoms with Crippen LogP contribution in [0.3, 0.4) is 0 Å². The van der Waals surface area contributed by atoms with Gasteiger partial charge in [0.2, 0.25) is 0 Å². The van der Waals surface area contributed by atoms with E-state index >= 15 is 0 Å². The molecule has 0 saturated heterocycles. The van der Waals surface area contributed by atoms with Crippen molar-refractivity contribution in [2.24, 2.45) is 0 Å². The van der Waals surface area contributed by atoms with Crippen LogP contribution in [-0.4, -0.2) is 5.11 Å². The van der Waals surface area contributed by atoms with Crippen molar-refractivity contribution in [1.82, 2.24) is 0 Å². The number of hydrogen-bond acceptors (Lipinski definition) is 1. The quantitative estimate of drug-likeness (QED) is 0.533. The maximum absolute atomic E-state index is 13.3. The molecule has 2 heteroatoms. The fourth-order valence-corrected chi connectivity index (χ4v) is 1.24. The smallest absolute Gasteiger partial charge is 0.133 e. The fraction of sp³-hybridized carbons (Fsp3) is 0.167. The van der Waals surface area contributed by atoms with Crippen molar-refractivity contribution in [3.8, 4) is 0 Å². The van der Waals surface area contributed by atoms with Gasteiger partial charge >= 0.3 is 0 Å². The van der Waals surface area contributed by atoms with Crippen LogP contribution >= 0.6 is 0 Å². The molecule has 0 heterocycles. The molecule has 0 saturated carbocycles. The third-order valence-corrected chi connectivity index (χ3v) is 1.98. The predicted molar refractivity (Wildman–Crippen MR) is 56.6 cm³/mol. The molecule has 0 unspecified atom stereocenters. The van der Waals surface area contributed by atoms with Crippen molar-refractivity contribution in [1.29, 1.82) is 0 Å². The van der Waals surface area contributed by atoms with Crippen molar-refractivity contribution in [2.45, 2.75) is 12.8 Å². The van der Waals surface area contributed by atoms with Crippen molar-refractivity contribution in [3.63, 3.8) is 0 Å². The van der Waals surface area contributed by atoms with Crippen LogP contribution in [0, 0.1) is 0 Å². The monoisotopic (exact) mass is 192 g/mol. The Balaban J connectivity index is 2.79. The Bertz CT molecular complexity index is 345. The van der Waals surface area contributed by atoms with E-state index in [2.05, 4.69) is 13.2 Å². The molecule has 74 valence electrons. The van der Waals surface area contributed by atoms with Gasteiger partial charge in [0.15, 0.2) is 0 Å². The highest BCUT2D eigenvalue weighted by Gasteiger charge is 2.08. The van der Waals surface area contributed by atoms with Crippen LogP contribution in [0.15, 0.2) is 60.2 Å². The molecular weight excluding hydrogens is 179 g/mol. The fourth-order valence-electron chi connectivity index (χ4n) is 1.24. The van der Waals surface area contributed by atoms with Crippen LogP contribution in [0.25, 0.3) is 0 Å². The molecule has 14 heavy (non-hydrogen) atoms. The lowest BCUT2D eigenvalue weighted by atomic mass is 9.97. The highest BCUT2D eigenvalue weighted by Crippen LogP contribution is 2.25. The molecule has 1 rings (SSSR count). The van der Waals surface area contributed by atoms with Crippen molar-refractivity contribution in [2.75, 3.05) is 0 Å². The van der Waals surface area contributed by atoms with E-state index < -0.39 is 5.83 Å². The standard InChI is InChI=1S/C12H13FO/c1-9(14)8-12(13)10(2)11-6-4-3-5-7-11/h3-4,6,8,14H,1-2,5,7H2/b12-8+. The zero-order valence-electron chi connectivity index (χ0n) is 7.96. The zero-order valence-corrected chi connectivity index (χ0v) is 7.96. The van der Waals surface area contributed by atoms with E-state index in [4.69, 9.17) is 5.11 Å². The van der Waals surface area contributed by atoms with E-state index in [0.717, 1.165) is 24.5 Å². The topological polar surface area (TPSA) is 20.2 Å². The van der Waals surface area contributed by atoms with Gasteiger partial charge in [0.25, 0.3) is 0 Å². The number of hydrogen-bond donors (Lipinski definition) is 1. The van der Waals surface area contributed by atoms with E-state index in [1.54, 1.807) is 0 Å². The number of aliphatic hydroxyl groups excluding tert-OH is 1. The summed E-state index contributed by atoms with van der Waals surface area (Å²) >= 11 is 0. The summed E-state index contributed by atoms with van der Waals surface area (Å²) in [5.74, 6) is -0.824. The average molecular weight is 192 g/mol. The lowest BCUT2D eigenvalue weighted by molar-refractivity contribution is 0.431. The summed E-state index contributed by atoms with van der Waals surface area (Å²) in [5, 5.41) is 8.78. The number of aliphatic hydroxyl groups is 1. The maximum atomic E-state index is 13.3. The molecule has 0 aromatic carbocycles. The van der Waals surface area contributed by atoms with Crippen LogP contribution < -0.4 is 0 Å². The molecule has 0 amide bonds. The van der Waals surface area contributed by atoms with Gasteiger partial charge in [-0.15, -0.1) is 0 Å². The van der Waals surface area contributed by atoms with Crippen LogP contribution in [0.4, 0.5) is 4.39 Å². The molecule has 1 N–H and O–H groups in total. The van der Waals surface area contributed by atoms with Crippen molar-refractivity contribution < 1.29 is 9.50 Å². The van der Waals surface area contributed by atoms with Gasteiger partial charge in [0.05, 0.1) is 0 Å². The van der Waals surface area contributed by atoms with Gasteiger partial charge in [0.1, 0.15) is 11.6 Å². The second kappa shape index (κ2) is 4.61. The molecule has 0 aliphatic heterocycles. The summed E-state index contributed by atoms with van der Waals surface area (Å²) in [6.45, 7) is 6.82. The van der Waals surface area contributed by atoms with Gasteiger partial charge in [-0.25, -0.2) is 4.39 Å². The second-order valence-electron chi connectivity index (χ2n) is 3.12. The van der Waals surface area contributed by atoms with Gasteiger partial charge in [-0.2, -0.15) is 0 Å². The minimum absolute atomic E-state index is 0.296. The van der Waals surface area contributed by atoms with Crippen molar-refractivity contribution in [3.05, 3.63) is 60.2 Å². The molecule has 1 aliphatic rings. The molecule has 1 aliphatic carbocycles. The SMILES string of the molecule is C=C(O)/C=C(/F)C(=C)C1=CC=CCC1. The molecule has 0 aromatic heterocycles. The predicted octanol–water partition coefficient (Wildman–Crippen LogP) is 3.74. The number of allylic oxidation sites excluding steroid dienone is 7. The normalized spacial score (nSPS) is 16.4. The second-order valence-corrected chi connectivity index (χ2v) is 3.12. The number of rotatable bonds is 3. The van der Waals surface area contributed by atoms with E-state index in [9.17, 15) is 4.39 Å². The van der Waals surface area contributed by atoms with Crippen LogP contribution in [0.1, 0.15) is 12.8 Å². The van der Waals surface area contributed by atoms with E-state index in [1.165, 1.54) is 0 Å². The Morgan fingerprint density at radius 1 is 1.50 bits per heavy atom. The summed E-state index contributed by atoms with van der Waals surface area (Å²) in [6.07, 6.45) is 8.39. The molecule has 0 fully saturated rings. The largest absolute Gasteiger partial charge is 0.508 e. The lowest BCUT2D eigenvalue weighted by Crippen LogP contribution is -1.92. The molecule has 0 aromatic rings. The van der Waals surface area contributed by atoms with Gasteiger partial charge in [-0.3, -0.25) is 0 Å². The minimum Gasteiger partial charge on any atom is -0.508 e. The van der Waals surface area contributed by atoms with Crippen LogP contribution in [0.5, 0.6) is 0 Å². The highest BCUT2D eigenvalue weighted by atomic mass is 19.1. The van der Waals surface area contributed by atoms with E-state index in [-0.39, 0.29) is 5.76 Å². The average Bonchev–Trinajstić information content (AvgIpc) is 2.17. The molecular formula is C12H13FO. The minimum atomic E-state index is -0.529. The first-order chi connectivity index (χ1) is 6.61.